The van der Waals surface area contributed by atoms with E-state index in [1.54, 1.807) is 22.9 Å². The predicted molar refractivity (Wildman–Crippen MR) is 44.8 cm³/mol. The summed E-state index contributed by atoms with van der Waals surface area (Å²) in [7, 11) is 0. The van der Waals surface area contributed by atoms with E-state index in [1.807, 2.05) is 13.0 Å². The topological polar surface area (TPSA) is 12.9 Å². The summed E-state index contributed by atoms with van der Waals surface area (Å²) in [6.45, 7) is 1.95. The Balaban J connectivity index is 3.46. The molecule has 2 heteroatoms. The highest BCUT2D eigenvalue weighted by atomic mass is 32.1. The molecule has 0 amide bonds. The van der Waals surface area contributed by atoms with Gasteiger partial charge in [-0.05, 0) is 6.92 Å². The van der Waals surface area contributed by atoms with Crippen molar-refractivity contribution in [2.45, 2.75) is 6.92 Å². The second-order valence-electron chi connectivity index (χ2n) is 1.70. The summed E-state index contributed by atoms with van der Waals surface area (Å²) in [6.07, 6.45) is 8.78. The van der Waals surface area contributed by atoms with Crippen LogP contribution in [0.3, 0.4) is 0 Å². The van der Waals surface area contributed by atoms with Crippen molar-refractivity contribution in [3.05, 3.63) is 15.4 Å². The van der Waals surface area contributed by atoms with Crippen molar-refractivity contribution in [3.63, 3.8) is 0 Å². The Morgan fingerprint density at radius 1 is 1.80 bits per heavy atom. The van der Waals surface area contributed by atoms with Crippen LogP contribution in [0, 0.1) is 12.3 Å². The fourth-order valence-electron chi connectivity index (χ4n) is 0.664. The molecule has 50 valence electrons. The minimum absolute atomic E-state index is 0.975. The number of aromatic nitrogens is 1. The number of hydrogen-bond donors (Lipinski definition) is 0. The van der Waals surface area contributed by atoms with Crippen LogP contribution in [0.15, 0.2) is 5.51 Å². The average Bonchev–Trinajstić information content (AvgIpc) is 2.36. The molecule has 0 aliphatic rings. The van der Waals surface area contributed by atoms with Gasteiger partial charge in [-0.1, -0.05) is 12.0 Å². The molecule has 0 atom stereocenters. The van der Waals surface area contributed by atoms with Crippen molar-refractivity contribution in [3.8, 4) is 12.3 Å². The van der Waals surface area contributed by atoms with Crippen molar-refractivity contribution >= 4 is 23.5 Å². The van der Waals surface area contributed by atoms with Crippen LogP contribution < -0.4 is 9.88 Å². The zero-order valence-electron chi connectivity index (χ0n) is 5.66. The van der Waals surface area contributed by atoms with Crippen LogP contribution in [-0.2, 0) is 0 Å². The highest BCUT2D eigenvalue weighted by Gasteiger charge is 1.82. The molecule has 0 spiro atoms. The summed E-state index contributed by atoms with van der Waals surface area (Å²) in [5.41, 5.74) is 1.79. The standard InChI is InChI=1S/C8H7NS/c1-3-5-8-7(4-2)9-6-10-8/h1,4-6H,2H3/b7-4+,8-5+. The molecule has 0 fully saturated rings. The van der Waals surface area contributed by atoms with E-state index < -0.39 is 0 Å². The molecule has 10 heavy (non-hydrogen) atoms. The van der Waals surface area contributed by atoms with E-state index in [0.29, 0.717) is 0 Å². The van der Waals surface area contributed by atoms with E-state index in [0.717, 1.165) is 9.88 Å². The molecule has 0 aliphatic heterocycles. The maximum atomic E-state index is 5.10. The summed E-state index contributed by atoms with van der Waals surface area (Å²) in [5.74, 6) is 2.47. The summed E-state index contributed by atoms with van der Waals surface area (Å²) in [5, 5.41) is 0.975. The van der Waals surface area contributed by atoms with Gasteiger partial charge >= 0.3 is 0 Å². The molecule has 0 N–H and O–H groups in total. The fourth-order valence-corrected chi connectivity index (χ4v) is 1.37. The third-order valence-electron chi connectivity index (χ3n) is 1.11. The summed E-state index contributed by atoms with van der Waals surface area (Å²) < 4.78 is 1.06. The van der Waals surface area contributed by atoms with Crippen LogP contribution in [0.4, 0.5) is 0 Å². The molecule has 0 unspecified atom stereocenters. The Bertz CT molecular complexity index is 353. The molecule has 1 rings (SSSR count). The molecule has 1 nitrogen and oxygen atoms in total. The minimum Gasteiger partial charge on any atom is -0.245 e. The van der Waals surface area contributed by atoms with Crippen LogP contribution in [0.2, 0.25) is 0 Å². The molecule has 0 saturated carbocycles. The second-order valence-corrected chi connectivity index (χ2v) is 2.59. The Kier molecular flexibility index (Phi) is 2.24. The van der Waals surface area contributed by atoms with Gasteiger partial charge in [-0.2, -0.15) is 0 Å². The number of rotatable bonds is 0. The highest BCUT2D eigenvalue weighted by molar-refractivity contribution is 7.07. The van der Waals surface area contributed by atoms with E-state index in [4.69, 9.17) is 6.42 Å². The van der Waals surface area contributed by atoms with E-state index in [1.165, 1.54) is 0 Å². The van der Waals surface area contributed by atoms with E-state index in [-0.39, 0.29) is 0 Å². The zero-order chi connectivity index (χ0) is 7.40. The van der Waals surface area contributed by atoms with Crippen molar-refractivity contribution in [2.24, 2.45) is 0 Å². The summed E-state index contributed by atoms with van der Waals surface area (Å²) >= 11 is 1.56. The van der Waals surface area contributed by atoms with Crippen LogP contribution in [-0.4, -0.2) is 4.98 Å². The van der Waals surface area contributed by atoms with Crippen LogP contribution in [0.1, 0.15) is 6.92 Å². The first-order chi connectivity index (χ1) is 4.88. The monoisotopic (exact) mass is 149 g/mol. The Labute approximate surface area is 63.7 Å². The van der Waals surface area contributed by atoms with E-state index in [2.05, 4.69) is 10.9 Å². The lowest BCUT2D eigenvalue weighted by molar-refractivity contribution is 1.31. The lowest BCUT2D eigenvalue weighted by atomic mass is 10.5. The van der Waals surface area contributed by atoms with Crippen molar-refractivity contribution in [1.82, 2.24) is 4.98 Å². The first-order valence-electron chi connectivity index (χ1n) is 2.90. The van der Waals surface area contributed by atoms with Gasteiger partial charge in [0.05, 0.1) is 15.4 Å². The first kappa shape index (κ1) is 7.04. The van der Waals surface area contributed by atoms with Crippen LogP contribution in [0.25, 0.3) is 12.2 Å². The van der Waals surface area contributed by atoms with E-state index >= 15 is 0 Å². The van der Waals surface area contributed by atoms with Crippen molar-refractivity contribution < 1.29 is 0 Å². The predicted octanol–water partition coefficient (Wildman–Crippen LogP) is 0.357. The Morgan fingerprint density at radius 3 is 3.20 bits per heavy atom. The maximum Gasteiger partial charge on any atom is 0.0805 e. The SMILES string of the molecule is C#C/C=c1/scn/c1=C/C. The number of terminal acetylenes is 1. The van der Waals surface area contributed by atoms with Gasteiger partial charge in [0.2, 0.25) is 0 Å². The summed E-state index contributed by atoms with van der Waals surface area (Å²) in [4.78, 5) is 4.09. The molecule has 1 heterocycles. The summed E-state index contributed by atoms with van der Waals surface area (Å²) in [6, 6.07) is 0. The lowest BCUT2D eigenvalue weighted by Crippen LogP contribution is -2.19. The molecule has 1 aromatic heterocycles. The molecule has 0 aliphatic carbocycles. The van der Waals surface area contributed by atoms with Crippen LogP contribution in [0.5, 0.6) is 0 Å². The molecule has 0 aromatic carbocycles. The molecular weight excluding hydrogens is 142 g/mol. The molecule has 0 bridgehead atoms. The number of hydrogen-bond acceptors (Lipinski definition) is 2. The lowest BCUT2D eigenvalue weighted by Gasteiger charge is -1.69. The van der Waals surface area contributed by atoms with E-state index in [9.17, 15) is 0 Å². The average molecular weight is 149 g/mol. The smallest absolute Gasteiger partial charge is 0.0805 e. The highest BCUT2D eigenvalue weighted by Crippen LogP contribution is 1.75. The number of thiazole rings is 1. The normalized spacial score (nSPS) is 13.6. The third kappa shape index (κ3) is 1.26. The Morgan fingerprint density at radius 2 is 2.60 bits per heavy atom. The van der Waals surface area contributed by atoms with Crippen molar-refractivity contribution in [2.75, 3.05) is 0 Å². The van der Waals surface area contributed by atoms with Gasteiger partial charge in [0.25, 0.3) is 0 Å². The third-order valence-corrected chi connectivity index (χ3v) is 1.90. The molecule has 0 saturated heterocycles. The van der Waals surface area contributed by atoms with Gasteiger partial charge in [-0.3, -0.25) is 0 Å². The minimum atomic E-state index is 0.975. The number of nitrogens with zero attached hydrogens (tertiary/aromatic N) is 1. The van der Waals surface area contributed by atoms with Gasteiger partial charge in [-0.15, -0.1) is 17.8 Å². The van der Waals surface area contributed by atoms with Gasteiger partial charge in [0.15, 0.2) is 0 Å². The largest absolute Gasteiger partial charge is 0.245 e. The van der Waals surface area contributed by atoms with Gasteiger partial charge in [0.1, 0.15) is 0 Å². The van der Waals surface area contributed by atoms with Crippen molar-refractivity contribution in [1.29, 1.82) is 0 Å². The molecular formula is C8H7NS. The second kappa shape index (κ2) is 3.19. The van der Waals surface area contributed by atoms with Crippen LogP contribution >= 0.6 is 11.3 Å². The first-order valence-corrected chi connectivity index (χ1v) is 3.78. The molecule has 0 radical (unpaired) electrons. The maximum absolute atomic E-state index is 5.10. The van der Waals surface area contributed by atoms with Gasteiger partial charge < -0.3 is 0 Å². The molecule has 1 aromatic rings. The van der Waals surface area contributed by atoms with Gasteiger partial charge in [0, 0.05) is 6.08 Å². The Hall–Kier alpha value is -1.07. The zero-order valence-corrected chi connectivity index (χ0v) is 6.48. The fraction of sp³-hybridized carbons (Fsp3) is 0.125. The van der Waals surface area contributed by atoms with Gasteiger partial charge in [-0.25, -0.2) is 4.98 Å². The quantitative estimate of drug-likeness (QED) is 0.485.